The van der Waals surface area contributed by atoms with Crippen molar-refractivity contribution in [3.63, 3.8) is 0 Å². The molecule has 142 valence electrons. The van der Waals surface area contributed by atoms with Gasteiger partial charge in [-0.05, 0) is 45.4 Å². The molecule has 1 N–H and O–H groups in total. The first kappa shape index (κ1) is 19.4. The molecule has 1 aliphatic rings. The molecule has 1 fully saturated rings. The molecule has 2 aromatic rings. The molecule has 0 amide bonds. The number of rotatable bonds is 6. The highest BCUT2D eigenvalue weighted by molar-refractivity contribution is 6.30. The monoisotopic (exact) mass is 377 g/mol. The number of nitrogens with zero attached hydrogens (tertiary/aromatic N) is 2. The van der Waals surface area contributed by atoms with Gasteiger partial charge >= 0.3 is 0 Å². The van der Waals surface area contributed by atoms with Gasteiger partial charge in [0, 0.05) is 42.8 Å². The number of ether oxygens (including phenoxy) is 1. The lowest BCUT2D eigenvalue weighted by molar-refractivity contribution is -0.0974. The largest absolute Gasteiger partial charge is 0.373 e. The molecule has 1 aromatic heterocycles. The molecule has 2 heterocycles. The fraction of sp³-hybridized carbons (Fsp3) is 0.550. The van der Waals surface area contributed by atoms with Crippen LogP contribution in [0.15, 0.2) is 28.8 Å². The van der Waals surface area contributed by atoms with Crippen LogP contribution in [-0.2, 0) is 11.3 Å². The second kappa shape index (κ2) is 8.09. The Balaban J connectivity index is 1.73. The van der Waals surface area contributed by atoms with Crippen molar-refractivity contribution in [1.82, 2.24) is 15.4 Å². The first-order valence-electron chi connectivity index (χ1n) is 9.12. The first-order chi connectivity index (χ1) is 12.4. The standard InChI is InChI=1S/C20H28ClN3O2/c1-14-18(15(2)26-23-14)11-22-12-19(16-5-7-17(21)8-6-16)24-9-10-25-20(3,4)13-24/h5-8,19,22H,9-13H2,1-4H3. The van der Waals surface area contributed by atoms with Gasteiger partial charge < -0.3 is 14.6 Å². The summed E-state index contributed by atoms with van der Waals surface area (Å²) in [6.07, 6.45) is 0. The number of halogens is 1. The van der Waals surface area contributed by atoms with Gasteiger partial charge in [-0.25, -0.2) is 0 Å². The Hall–Kier alpha value is -1.40. The molecular weight excluding hydrogens is 350 g/mol. The van der Waals surface area contributed by atoms with Crippen molar-refractivity contribution in [2.75, 3.05) is 26.2 Å². The topological polar surface area (TPSA) is 50.5 Å². The van der Waals surface area contributed by atoms with Crippen LogP contribution >= 0.6 is 11.6 Å². The summed E-state index contributed by atoms with van der Waals surface area (Å²) in [5.74, 6) is 0.880. The summed E-state index contributed by atoms with van der Waals surface area (Å²) in [4.78, 5) is 2.49. The third-order valence-electron chi connectivity index (χ3n) is 4.97. The maximum absolute atomic E-state index is 6.09. The number of nitrogens with one attached hydrogen (secondary N) is 1. The Kier molecular flexibility index (Phi) is 6.03. The van der Waals surface area contributed by atoms with E-state index in [-0.39, 0.29) is 11.6 Å². The molecular formula is C20H28ClN3O2. The molecule has 6 heteroatoms. The fourth-order valence-corrected chi connectivity index (χ4v) is 3.68. The summed E-state index contributed by atoms with van der Waals surface area (Å²) in [5, 5.41) is 8.39. The van der Waals surface area contributed by atoms with Crippen molar-refractivity contribution in [2.45, 2.75) is 45.9 Å². The van der Waals surface area contributed by atoms with E-state index in [1.54, 1.807) is 0 Å². The SMILES string of the molecule is Cc1noc(C)c1CNCC(c1ccc(Cl)cc1)N1CCOC(C)(C)C1. The van der Waals surface area contributed by atoms with Crippen LogP contribution in [0.2, 0.25) is 5.02 Å². The van der Waals surface area contributed by atoms with Gasteiger partial charge in [-0.3, -0.25) is 4.90 Å². The summed E-state index contributed by atoms with van der Waals surface area (Å²) in [5.41, 5.74) is 3.22. The molecule has 0 bridgehead atoms. The van der Waals surface area contributed by atoms with Crippen LogP contribution in [0.4, 0.5) is 0 Å². The van der Waals surface area contributed by atoms with Gasteiger partial charge in [-0.15, -0.1) is 0 Å². The van der Waals surface area contributed by atoms with Gasteiger partial charge in [0.15, 0.2) is 0 Å². The molecule has 0 saturated carbocycles. The Bertz CT molecular complexity index is 708. The Labute approximate surface area is 160 Å². The highest BCUT2D eigenvalue weighted by atomic mass is 35.5. The van der Waals surface area contributed by atoms with Crippen LogP contribution in [0.3, 0.4) is 0 Å². The summed E-state index contributed by atoms with van der Waals surface area (Å²) in [7, 11) is 0. The predicted octanol–water partition coefficient (Wildman–Crippen LogP) is 3.89. The van der Waals surface area contributed by atoms with E-state index in [0.29, 0.717) is 0 Å². The number of hydrogen-bond acceptors (Lipinski definition) is 5. The maximum Gasteiger partial charge on any atom is 0.138 e. The zero-order chi connectivity index (χ0) is 18.7. The van der Waals surface area contributed by atoms with Crippen molar-refractivity contribution in [2.24, 2.45) is 0 Å². The van der Waals surface area contributed by atoms with E-state index < -0.39 is 0 Å². The minimum atomic E-state index is -0.134. The molecule has 5 nitrogen and oxygen atoms in total. The molecule has 3 rings (SSSR count). The maximum atomic E-state index is 6.09. The van der Waals surface area contributed by atoms with E-state index >= 15 is 0 Å². The third kappa shape index (κ3) is 4.65. The molecule has 1 aromatic carbocycles. The fourth-order valence-electron chi connectivity index (χ4n) is 3.55. The third-order valence-corrected chi connectivity index (χ3v) is 5.22. The smallest absolute Gasteiger partial charge is 0.138 e. The average molecular weight is 378 g/mol. The van der Waals surface area contributed by atoms with E-state index in [1.165, 1.54) is 5.56 Å². The van der Waals surface area contributed by atoms with Crippen LogP contribution in [0.1, 0.15) is 42.5 Å². The van der Waals surface area contributed by atoms with Crippen LogP contribution in [-0.4, -0.2) is 41.9 Å². The lowest BCUT2D eigenvalue weighted by Gasteiger charge is -2.42. The van der Waals surface area contributed by atoms with E-state index in [9.17, 15) is 0 Å². The van der Waals surface area contributed by atoms with Crippen LogP contribution in [0.5, 0.6) is 0 Å². The number of aryl methyl sites for hydroxylation is 2. The highest BCUT2D eigenvalue weighted by Crippen LogP contribution is 2.27. The zero-order valence-corrected chi connectivity index (χ0v) is 16.8. The summed E-state index contributed by atoms with van der Waals surface area (Å²) < 4.78 is 11.2. The number of aromatic nitrogens is 1. The van der Waals surface area contributed by atoms with Crippen molar-refractivity contribution < 1.29 is 9.26 Å². The van der Waals surface area contributed by atoms with E-state index in [1.807, 2.05) is 26.0 Å². The van der Waals surface area contributed by atoms with Crippen molar-refractivity contribution >= 4 is 11.6 Å². The number of morpholine rings is 1. The van der Waals surface area contributed by atoms with Gasteiger partial charge in [-0.2, -0.15) is 0 Å². The predicted molar refractivity (Wildman–Crippen MR) is 103 cm³/mol. The van der Waals surface area contributed by atoms with Gasteiger partial charge in [0.1, 0.15) is 5.76 Å². The van der Waals surface area contributed by atoms with E-state index in [4.69, 9.17) is 20.9 Å². The van der Waals surface area contributed by atoms with Crippen LogP contribution in [0, 0.1) is 13.8 Å². The van der Waals surface area contributed by atoms with Gasteiger partial charge in [-0.1, -0.05) is 28.9 Å². The van der Waals surface area contributed by atoms with E-state index in [2.05, 4.69) is 41.4 Å². The summed E-state index contributed by atoms with van der Waals surface area (Å²) in [6.45, 7) is 12.4. The summed E-state index contributed by atoms with van der Waals surface area (Å²) in [6, 6.07) is 8.42. The average Bonchev–Trinajstić information content (AvgIpc) is 2.90. The van der Waals surface area contributed by atoms with Gasteiger partial charge in [0.2, 0.25) is 0 Å². The molecule has 1 unspecified atom stereocenters. The normalized spacial score (nSPS) is 18.8. The Morgan fingerprint density at radius 3 is 2.62 bits per heavy atom. The lowest BCUT2D eigenvalue weighted by Crippen LogP contribution is -2.51. The quantitative estimate of drug-likeness (QED) is 0.827. The Morgan fingerprint density at radius 2 is 2.00 bits per heavy atom. The van der Waals surface area contributed by atoms with Gasteiger partial charge in [0.25, 0.3) is 0 Å². The zero-order valence-electron chi connectivity index (χ0n) is 16.0. The summed E-state index contributed by atoms with van der Waals surface area (Å²) >= 11 is 6.09. The van der Waals surface area contributed by atoms with Gasteiger partial charge in [0.05, 0.1) is 17.9 Å². The second-order valence-corrected chi connectivity index (χ2v) is 8.02. The van der Waals surface area contributed by atoms with Crippen molar-refractivity contribution in [3.8, 4) is 0 Å². The van der Waals surface area contributed by atoms with Crippen LogP contribution < -0.4 is 5.32 Å². The van der Waals surface area contributed by atoms with Crippen LogP contribution in [0.25, 0.3) is 0 Å². The second-order valence-electron chi connectivity index (χ2n) is 7.58. The number of hydrogen-bond donors (Lipinski definition) is 1. The molecule has 1 aliphatic heterocycles. The first-order valence-corrected chi connectivity index (χ1v) is 9.49. The highest BCUT2D eigenvalue weighted by Gasteiger charge is 2.32. The minimum Gasteiger partial charge on any atom is -0.373 e. The minimum absolute atomic E-state index is 0.134. The van der Waals surface area contributed by atoms with E-state index in [0.717, 1.165) is 54.8 Å². The molecule has 1 atom stereocenters. The Morgan fingerprint density at radius 1 is 1.27 bits per heavy atom. The molecule has 1 saturated heterocycles. The van der Waals surface area contributed by atoms with Crippen molar-refractivity contribution in [1.29, 1.82) is 0 Å². The molecule has 0 spiro atoms. The molecule has 0 aliphatic carbocycles. The number of benzene rings is 1. The lowest BCUT2D eigenvalue weighted by atomic mass is 10.0. The molecule has 0 radical (unpaired) electrons. The molecule has 26 heavy (non-hydrogen) atoms. The van der Waals surface area contributed by atoms with Crippen molar-refractivity contribution in [3.05, 3.63) is 51.9 Å².